The smallest absolute Gasteiger partial charge is 0.270 e. The van der Waals surface area contributed by atoms with E-state index >= 15 is 0 Å². The van der Waals surface area contributed by atoms with Crippen molar-refractivity contribution in [2.75, 3.05) is 26.1 Å². The number of hydrogen-bond acceptors (Lipinski definition) is 8. The molecule has 0 aliphatic carbocycles. The second-order valence-corrected chi connectivity index (χ2v) is 12.0. The molecule has 3 aromatic rings. The van der Waals surface area contributed by atoms with Gasteiger partial charge < -0.3 is 14.8 Å². The molecule has 1 N–H and O–H groups in total. The van der Waals surface area contributed by atoms with Gasteiger partial charge in [0.25, 0.3) is 11.5 Å². The Morgan fingerprint density at radius 3 is 2.56 bits per heavy atom. The van der Waals surface area contributed by atoms with Crippen LogP contribution in [0.4, 0.5) is 5.82 Å². The number of carbonyl (C=O) groups excluding carboxylic acids is 1. The molecule has 0 bridgehead atoms. The zero-order chi connectivity index (χ0) is 31.1. The average Bonchev–Trinajstić information content (AvgIpc) is 3.27. The molecule has 4 rings (SSSR count). The fourth-order valence-electron chi connectivity index (χ4n) is 4.81. The summed E-state index contributed by atoms with van der Waals surface area (Å²) in [5, 5.41) is 13.9. The second-order valence-electron chi connectivity index (χ2n) is 9.91. The number of pyridine rings is 1. The first kappa shape index (κ1) is 32.1. The molecule has 1 aliphatic rings. The Balaban J connectivity index is 1.72. The van der Waals surface area contributed by atoms with Gasteiger partial charge in [0.15, 0.2) is 11.5 Å². The molecule has 1 aliphatic heterocycles. The maximum atomic E-state index is 13.6. The van der Waals surface area contributed by atoms with Gasteiger partial charge in [-0.05, 0) is 60.7 Å². The van der Waals surface area contributed by atoms with E-state index in [0.717, 1.165) is 24.0 Å². The van der Waals surface area contributed by atoms with Crippen molar-refractivity contribution in [1.29, 1.82) is 5.26 Å². The van der Waals surface area contributed by atoms with E-state index < -0.39 is 0 Å². The minimum atomic E-state index is -0.356. The number of hydrogen-bond donors (Lipinski definition) is 1. The maximum Gasteiger partial charge on any atom is 0.270 e. The van der Waals surface area contributed by atoms with Gasteiger partial charge >= 0.3 is 0 Å². The molecule has 0 unspecified atom stereocenters. The van der Waals surface area contributed by atoms with E-state index in [1.54, 1.807) is 37.9 Å². The number of benzene rings is 2. The van der Waals surface area contributed by atoms with Crippen LogP contribution >= 0.6 is 35.6 Å². The number of methoxy groups -OCH3 is 2. The van der Waals surface area contributed by atoms with Crippen molar-refractivity contribution < 1.29 is 14.3 Å². The number of amides is 1. The molecule has 0 spiro atoms. The van der Waals surface area contributed by atoms with E-state index in [1.807, 2.05) is 43.3 Å². The van der Waals surface area contributed by atoms with Crippen LogP contribution < -0.4 is 20.3 Å². The van der Waals surface area contributed by atoms with E-state index in [9.17, 15) is 14.9 Å². The lowest BCUT2D eigenvalue weighted by Crippen LogP contribution is -2.29. The lowest BCUT2D eigenvalue weighted by molar-refractivity contribution is -0.122. The van der Waals surface area contributed by atoms with Gasteiger partial charge in [0, 0.05) is 23.7 Å². The Morgan fingerprint density at radius 2 is 1.88 bits per heavy atom. The predicted octanol–water partition coefficient (Wildman–Crippen LogP) is 6.56. The summed E-state index contributed by atoms with van der Waals surface area (Å²) in [7, 11) is 3.18. The van der Waals surface area contributed by atoms with Gasteiger partial charge in [-0.2, -0.15) is 5.26 Å². The van der Waals surface area contributed by atoms with Crippen molar-refractivity contribution in [2.24, 2.45) is 0 Å². The van der Waals surface area contributed by atoms with Crippen molar-refractivity contribution >= 4 is 57.7 Å². The molecule has 1 fully saturated rings. The zero-order valence-electron chi connectivity index (χ0n) is 24.5. The third kappa shape index (κ3) is 7.07. The van der Waals surface area contributed by atoms with Gasteiger partial charge in [-0.1, -0.05) is 73.2 Å². The predicted molar refractivity (Wildman–Crippen MR) is 177 cm³/mol. The molecule has 1 saturated heterocycles. The van der Waals surface area contributed by atoms with Crippen LogP contribution in [-0.4, -0.2) is 40.5 Å². The highest BCUT2D eigenvalue weighted by atomic mass is 35.5. The lowest BCUT2D eigenvalue weighted by Gasteiger charge is -2.20. The fourth-order valence-corrected chi connectivity index (χ4v) is 6.24. The molecule has 43 heavy (non-hydrogen) atoms. The Morgan fingerprint density at radius 1 is 1.14 bits per heavy atom. The van der Waals surface area contributed by atoms with Crippen LogP contribution in [0, 0.1) is 18.3 Å². The van der Waals surface area contributed by atoms with E-state index in [-0.39, 0.29) is 23.6 Å². The van der Waals surface area contributed by atoms with Crippen LogP contribution in [-0.2, 0) is 24.3 Å². The molecule has 0 atom stereocenters. The van der Waals surface area contributed by atoms with Gasteiger partial charge in [-0.15, -0.1) is 0 Å². The van der Waals surface area contributed by atoms with Crippen LogP contribution in [0.5, 0.6) is 11.5 Å². The molecule has 1 amide bonds. The number of halogens is 1. The minimum absolute atomic E-state index is 0.0549. The van der Waals surface area contributed by atoms with E-state index in [1.165, 1.54) is 16.7 Å². The number of thioether (sulfide) groups is 1. The number of nitrogens with zero attached hydrogens (tertiary/aromatic N) is 3. The molecular formula is C32H33ClN4O4S2. The molecule has 2 aromatic carbocycles. The van der Waals surface area contributed by atoms with Gasteiger partial charge in [-0.25, -0.2) is 0 Å². The van der Waals surface area contributed by atoms with E-state index in [0.29, 0.717) is 62.2 Å². The topological polar surface area (TPSA) is 96.6 Å². The van der Waals surface area contributed by atoms with Crippen molar-refractivity contribution in [2.45, 2.75) is 46.2 Å². The summed E-state index contributed by atoms with van der Waals surface area (Å²) in [4.78, 5) is 29.0. The number of carbonyl (C=O) groups is 1. The molecule has 224 valence electrons. The van der Waals surface area contributed by atoms with Crippen LogP contribution in [0.3, 0.4) is 0 Å². The van der Waals surface area contributed by atoms with Crippen LogP contribution in [0.15, 0.2) is 52.2 Å². The third-order valence-corrected chi connectivity index (χ3v) is 8.95. The van der Waals surface area contributed by atoms with E-state index in [4.69, 9.17) is 33.3 Å². The van der Waals surface area contributed by atoms with Crippen molar-refractivity contribution in [3.05, 3.63) is 90.6 Å². The number of rotatable bonds is 12. The molecule has 0 radical (unpaired) electrons. The number of aromatic nitrogens is 1. The first-order valence-corrected chi connectivity index (χ1v) is 15.4. The molecule has 2 heterocycles. The number of unbranched alkanes of at least 4 members (excludes halogenated alkanes) is 1. The number of anilines is 1. The number of nitrogens with one attached hydrogen (secondary N) is 1. The van der Waals surface area contributed by atoms with Crippen LogP contribution in [0.2, 0.25) is 5.02 Å². The number of nitriles is 1. The Labute approximate surface area is 266 Å². The Bertz CT molecular complexity index is 1680. The lowest BCUT2D eigenvalue weighted by atomic mass is 10.0. The number of ether oxygens (including phenoxy) is 2. The van der Waals surface area contributed by atoms with Gasteiger partial charge in [0.2, 0.25) is 0 Å². The highest BCUT2D eigenvalue weighted by Gasteiger charge is 2.33. The number of thiocarbonyl (C=S) groups is 1. The minimum Gasteiger partial charge on any atom is -0.493 e. The Kier molecular flexibility index (Phi) is 10.9. The van der Waals surface area contributed by atoms with Crippen molar-refractivity contribution in [1.82, 2.24) is 9.47 Å². The standard InChI is InChI=1S/C32H33ClN4O4S2/c1-5-6-15-36-29(35-14-13-21-11-12-26(40-3)27(16-21)41-4)23(20(2)24(18-34)30(36)38)17-28-31(39)37(32(42)43-28)19-22-9-7-8-10-25(22)33/h7-12,16-17,35H,5-6,13-15,19H2,1-4H3/b28-17+. The maximum absolute atomic E-state index is 13.6. The summed E-state index contributed by atoms with van der Waals surface area (Å²) in [5.41, 5.74) is 2.61. The summed E-state index contributed by atoms with van der Waals surface area (Å²) < 4.78 is 12.8. The highest BCUT2D eigenvalue weighted by Crippen LogP contribution is 2.36. The van der Waals surface area contributed by atoms with E-state index in [2.05, 4.69) is 11.4 Å². The first-order chi connectivity index (χ1) is 20.7. The molecule has 11 heteroatoms. The molecule has 1 aromatic heterocycles. The summed E-state index contributed by atoms with van der Waals surface area (Å²) in [6.45, 7) is 4.94. The van der Waals surface area contributed by atoms with Crippen LogP contribution in [0.1, 0.15) is 47.6 Å². The summed E-state index contributed by atoms with van der Waals surface area (Å²) in [6, 6.07) is 15.1. The van der Waals surface area contributed by atoms with Gasteiger partial charge in [0.05, 0.1) is 25.7 Å². The van der Waals surface area contributed by atoms with Crippen LogP contribution in [0.25, 0.3) is 6.08 Å². The quantitative estimate of drug-likeness (QED) is 0.177. The highest BCUT2D eigenvalue weighted by molar-refractivity contribution is 8.26. The zero-order valence-corrected chi connectivity index (χ0v) is 26.9. The largest absolute Gasteiger partial charge is 0.493 e. The monoisotopic (exact) mass is 636 g/mol. The molecule has 8 nitrogen and oxygen atoms in total. The summed E-state index contributed by atoms with van der Waals surface area (Å²) in [6.07, 6.45) is 3.98. The van der Waals surface area contributed by atoms with Crippen molar-refractivity contribution in [3.8, 4) is 17.6 Å². The van der Waals surface area contributed by atoms with Gasteiger partial charge in [-0.3, -0.25) is 19.1 Å². The second kappa shape index (κ2) is 14.6. The molecular weight excluding hydrogens is 604 g/mol. The Hall–Kier alpha value is -3.78. The first-order valence-electron chi connectivity index (χ1n) is 13.8. The fraction of sp³-hybridized carbons (Fsp3) is 0.312. The summed E-state index contributed by atoms with van der Waals surface area (Å²) in [5.74, 6) is 1.58. The SMILES string of the molecule is CCCCn1c(NCCc2ccc(OC)c(OC)c2)c(/C=C2/SC(=S)N(Cc3ccccc3Cl)C2=O)c(C)c(C#N)c1=O. The average molecular weight is 637 g/mol. The van der Waals surface area contributed by atoms with Gasteiger partial charge in [0.1, 0.15) is 21.8 Å². The summed E-state index contributed by atoms with van der Waals surface area (Å²) >= 11 is 13.1. The third-order valence-electron chi connectivity index (χ3n) is 7.20. The normalized spacial score (nSPS) is 13.9. The molecule has 0 saturated carbocycles. The van der Waals surface area contributed by atoms with Crippen molar-refractivity contribution in [3.63, 3.8) is 0 Å².